The fourth-order valence-corrected chi connectivity index (χ4v) is 12.9. The van der Waals surface area contributed by atoms with Crippen molar-refractivity contribution in [1.29, 1.82) is 0 Å². The second kappa shape index (κ2) is 45.7. The minimum atomic E-state index is -3.61. The molecule has 0 bridgehead atoms. The molecular formula is C76H99FN12O23S. The number of benzene rings is 2. The van der Waals surface area contributed by atoms with Crippen molar-refractivity contribution in [3.63, 3.8) is 0 Å². The lowest BCUT2D eigenvalue weighted by molar-refractivity contribution is -0.172. The molecule has 113 heavy (non-hydrogen) atoms. The number of nitrogens with zero attached hydrogens (tertiary/aromatic N) is 4. The number of aryl methyl sites for hydroxylation is 1. The van der Waals surface area contributed by atoms with E-state index in [1.54, 1.807) is 57.4 Å². The molecule has 3 aliphatic rings. The van der Waals surface area contributed by atoms with E-state index in [2.05, 4.69) is 64.3 Å². The van der Waals surface area contributed by atoms with Crippen molar-refractivity contribution in [3.05, 3.63) is 116 Å². The number of ether oxygens (including phenoxy) is 10. The van der Waals surface area contributed by atoms with Gasteiger partial charge < -0.3 is 99.6 Å². The molecule has 35 nitrogen and oxygen atoms in total. The molecule has 37 heteroatoms. The molecule has 9 N–H and O–H groups in total. The van der Waals surface area contributed by atoms with Crippen molar-refractivity contribution < 1.29 is 108 Å². The van der Waals surface area contributed by atoms with Crippen LogP contribution in [0.4, 0.5) is 4.39 Å². The Labute approximate surface area is 652 Å². The highest BCUT2D eigenvalue weighted by Crippen LogP contribution is 2.44. The first-order chi connectivity index (χ1) is 54.5. The van der Waals surface area contributed by atoms with Crippen LogP contribution in [0.1, 0.15) is 109 Å². The van der Waals surface area contributed by atoms with Gasteiger partial charge in [0.1, 0.15) is 37.8 Å². The van der Waals surface area contributed by atoms with E-state index in [1.807, 2.05) is 0 Å². The number of rotatable bonds is 50. The normalized spacial score (nSPS) is 14.7. The van der Waals surface area contributed by atoms with E-state index in [4.69, 9.17) is 52.4 Å². The molecule has 4 atom stereocenters. The van der Waals surface area contributed by atoms with E-state index < -0.39 is 131 Å². The third kappa shape index (κ3) is 27.5. The number of nitrogens with one attached hydrogen (secondary N) is 8. The van der Waals surface area contributed by atoms with Crippen molar-refractivity contribution >= 4 is 74.0 Å². The number of aliphatic hydroxyl groups is 1. The number of halogens is 1. The van der Waals surface area contributed by atoms with E-state index in [-0.39, 0.29) is 101 Å². The van der Waals surface area contributed by atoms with Crippen LogP contribution >= 0.6 is 0 Å². The standard InChI is InChI=1S/C76H99FN12O23S/c1-5-76(100)56-38-61-70-54(45-89(61)73(98)55(56)46-112-74(76)99)68(69-53-17-12-16-52(53)57(77)39-59(69)88-70)49(2)85-67(95)47-111-48-84-65(93)43-81-72(97)60(37-50-13-8-6-9-14-50)87-66(94)44-80-64(92)42-79-62(90)20-19-58(86-63(91)18-11-7-10-15-51-40-82-75(83-41-51)113(4,101)102)71(96)78-21-22-104-25-26-106-29-30-108-33-34-110-36-35-109-32-31-107-28-27-105-24-23-103-3/h6,8-9,13-14,38-41,49,58,60,100H,5,7,11-12,16-37,42-48H2,1-4H3,(H,78,96)(H,79,90)(H,80,92)(H,81,97)(H,84,93)(H,85,95)(H,86,91)(H,87,94)/t49-,58-,60-,76-/m0/s1. The summed E-state index contributed by atoms with van der Waals surface area (Å²) in [5.41, 5.74) is 2.02. The van der Waals surface area contributed by atoms with Crippen LogP contribution < -0.4 is 48.1 Å². The predicted octanol–water partition coefficient (Wildman–Crippen LogP) is -0.390. The quantitative estimate of drug-likeness (QED) is 0.00772. The van der Waals surface area contributed by atoms with Gasteiger partial charge in [0.15, 0.2) is 5.60 Å². The number of unbranched alkanes of at least 4 members (excludes halogenated alkanes) is 1. The van der Waals surface area contributed by atoms with Gasteiger partial charge in [0.25, 0.3) is 5.56 Å². The van der Waals surface area contributed by atoms with Crippen LogP contribution in [0.5, 0.6) is 0 Å². The lowest BCUT2D eigenvalue weighted by Gasteiger charge is -2.31. The van der Waals surface area contributed by atoms with E-state index in [1.165, 1.54) is 23.0 Å². The van der Waals surface area contributed by atoms with Crippen molar-refractivity contribution in [2.24, 2.45) is 0 Å². The van der Waals surface area contributed by atoms with E-state index >= 15 is 4.39 Å². The van der Waals surface area contributed by atoms with Crippen molar-refractivity contribution in [1.82, 2.24) is 62.1 Å². The van der Waals surface area contributed by atoms with E-state index in [9.17, 15) is 61.5 Å². The van der Waals surface area contributed by atoms with Crippen LogP contribution in [0, 0.1) is 17.7 Å². The summed E-state index contributed by atoms with van der Waals surface area (Å²) in [6, 6.07) is 8.28. The highest BCUT2D eigenvalue weighted by molar-refractivity contribution is 7.90. The van der Waals surface area contributed by atoms with Crippen LogP contribution in [0.3, 0.4) is 0 Å². The molecule has 0 saturated carbocycles. The maximum absolute atomic E-state index is 15.7. The summed E-state index contributed by atoms with van der Waals surface area (Å²) in [4.78, 5) is 146. The second-order valence-electron chi connectivity index (χ2n) is 26.4. The number of esters is 1. The number of hydrogen-bond acceptors (Lipinski definition) is 26. The Morgan fingerprint density at radius 2 is 1.25 bits per heavy atom. The largest absolute Gasteiger partial charge is 0.458 e. The van der Waals surface area contributed by atoms with Crippen LogP contribution in [0.2, 0.25) is 0 Å². The third-order valence-electron chi connectivity index (χ3n) is 18.1. The lowest BCUT2D eigenvalue weighted by atomic mass is 9.86. The van der Waals surface area contributed by atoms with Gasteiger partial charge in [0.2, 0.25) is 62.3 Å². The molecule has 3 aromatic heterocycles. The van der Waals surface area contributed by atoms with Crippen LogP contribution in [0.25, 0.3) is 22.3 Å². The molecule has 1 aliphatic carbocycles. The number of amides is 8. The summed E-state index contributed by atoms with van der Waals surface area (Å²) >= 11 is 0. The third-order valence-corrected chi connectivity index (χ3v) is 19.0. The van der Waals surface area contributed by atoms with Gasteiger partial charge in [0.05, 0.1) is 159 Å². The molecule has 2 aliphatic heterocycles. The molecule has 5 heterocycles. The summed E-state index contributed by atoms with van der Waals surface area (Å²) in [6.07, 6.45) is 5.04. The first-order valence-electron chi connectivity index (χ1n) is 37.2. The van der Waals surface area contributed by atoms with E-state index in [0.717, 1.165) is 11.8 Å². The number of hydrogen-bond donors (Lipinski definition) is 9. The molecule has 614 valence electrons. The number of methoxy groups -OCH3 is 1. The number of cyclic esters (lactones) is 1. The summed E-state index contributed by atoms with van der Waals surface area (Å²) in [6.45, 7) is 5.83. The lowest BCUT2D eigenvalue weighted by Crippen LogP contribution is -2.52. The van der Waals surface area contributed by atoms with E-state index in [0.29, 0.717) is 149 Å². The highest BCUT2D eigenvalue weighted by atomic mass is 32.2. The van der Waals surface area contributed by atoms with Gasteiger partial charge in [-0.1, -0.05) is 49.1 Å². The number of aromatic nitrogens is 4. The first kappa shape index (κ1) is 88.7. The topological polar surface area (TPSA) is 457 Å². The maximum atomic E-state index is 15.7. The van der Waals surface area contributed by atoms with Gasteiger partial charge in [-0.25, -0.2) is 32.6 Å². The Morgan fingerprint density at radius 3 is 1.88 bits per heavy atom. The van der Waals surface area contributed by atoms with Gasteiger partial charge in [-0.05, 0) is 73.8 Å². The number of carbonyl (C=O) groups is 9. The zero-order valence-electron chi connectivity index (χ0n) is 63.8. The minimum absolute atomic E-state index is 0.0150. The number of carbonyl (C=O) groups excluding carboxylic acids is 9. The summed E-state index contributed by atoms with van der Waals surface area (Å²) in [5, 5.41) is 32.3. The minimum Gasteiger partial charge on any atom is -0.458 e. The van der Waals surface area contributed by atoms with Crippen LogP contribution in [-0.4, -0.2) is 250 Å². The monoisotopic (exact) mass is 1600 g/mol. The van der Waals surface area contributed by atoms with Crippen LogP contribution in [0.15, 0.2) is 64.8 Å². The molecule has 5 aromatic rings. The number of sulfone groups is 1. The highest BCUT2D eigenvalue weighted by Gasteiger charge is 2.46. The van der Waals surface area contributed by atoms with Gasteiger partial charge in [-0.2, -0.15) is 0 Å². The number of pyridine rings is 2. The first-order valence-corrected chi connectivity index (χ1v) is 39.1. The molecule has 0 saturated heterocycles. The van der Waals surface area contributed by atoms with Crippen molar-refractivity contribution in [2.75, 3.05) is 152 Å². The molecule has 8 rings (SSSR count). The molecular weight excluding hydrogens is 1500 g/mol. The zero-order chi connectivity index (χ0) is 81.1. The Hall–Kier alpha value is -9.85. The molecule has 0 fully saturated rings. The fourth-order valence-electron chi connectivity index (χ4n) is 12.4. The average Bonchev–Trinajstić information content (AvgIpc) is 1.58. The Kier molecular flexibility index (Phi) is 35.9. The molecule has 0 radical (unpaired) electrons. The zero-order valence-corrected chi connectivity index (χ0v) is 64.6. The van der Waals surface area contributed by atoms with Crippen LogP contribution in [-0.2, 0) is 138 Å². The predicted molar refractivity (Wildman–Crippen MR) is 401 cm³/mol. The van der Waals surface area contributed by atoms with Crippen molar-refractivity contribution in [3.8, 4) is 23.2 Å². The Morgan fingerprint density at radius 1 is 0.664 bits per heavy atom. The molecule has 8 amide bonds. The smallest absolute Gasteiger partial charge is 0.343 e. The van der Waals surface area contributed by atoms with Gasteiger partial charge in [-0.3, -0.25) is 43.2 Å². The molecule has 2 aromatic carbocycles. The number of fused-ring (bicyclic) bond motifs is 7. The van der Waals surface area contributed by atoms with Gasteiger partial charge >= 0.3 is 5.97 Å². The van der Waals surface area contributed by atoms with Crippen molar-refractivity contribution in [2.45, 2.75) is 120 Å². The molecule has 0 spiro atoms. The summed E-state index contributed by atoms with van der Waals surface area (Å²) in [7, 11) is -2.00. The van der Waals surface area contributed by atoms with Gasteiger partial charge in [-0.15, -0.1) is 0 Å². The maximum Gasteiger partial charge on any atom is 0.343 e. The summed E-state index contributed by atoms with van der Waals surface area (Å²) in [5.74, 6) is -1.16. The summed E-state index contributed by atoms with van der Waals surface area (Å²) < 4.78 is 94.6. The van der Waals surface area contributed by atoms with Gasteiger partial charge in [0, 0.05) is 80.6 Å². The SMILES string of the molecule is CC[C@@]1(O)C(=O)OCc2c1cc1n(c2=O)Cc2c-1nc1cc(F)c3c(c1c2[C@H](C)NC(=O)COCNC(=O)CNC(=O)[C@H](Cc1ccccc1)NC(=O)CNC(=O)CNC(=O)CC[C@H](NC(=O)CCCC#Cc1cnc(S(C)(=O)=O)nc1)C(=O)NCCOCCOCCOCCOCCOCCOCCOCCOC)CCC3. The Balaban J connectivity index is 0.738. The fraction of sp³-hybridized carbons (Fsp3) is 0.539. The Bertz CT molecular complexity index is 4360. The average molecular weight is 1600 g/mol. The second-order valence-corrected chi connectivity index (χ2v) is 28.3. The molecule has 0 unspecified atom stereocenters.